The fourth-order valence-electron chi connectivity index (χ4n) is 2.11. The van der Waals surface area contributed by atoms with Crippen molar-refractivity contribution in [1.82, 2.24) is 19.9 Å². The standard InChI is InChI=1S/C16H17BrN6O2/c1-16(7-24,8-25)23-15-18-6-12-13(22-15)14(20-9-19-12)21-11-4-2-3-10(17)5-11/h2-6,9,24-25H,7-8H2,1H3,(H,18,22,23)(H,19,20,21). The SMILES string of the molecule is CC(CO)(CO)Nc1ncc2ncnc(Nc3cccc(Br)c3)c2n1. The van der Waals surface area contributed by atoms with Crippen LogP contribution >= 0.6 is 15.9 Å². The molecule has 0 aliphatic heterocycles. The van der Waals surface area contributed by atoms with Gasteiger partial charge in [-0.2, -0.15) is 0 Å². The van der Waals surface area contributed by atoms with Crippen molar-refractivity contribution in [3.05, 3.63) is 41.3 Å². The number of fused-ring (bicyclic) bond motifs is 1. The van der Waals surface area contributed by atoms with Crippen molar-refractivity contribution in [3.63, 3.8) is 0 Å². The predicted molar refractivity (Wildman–Crippen MR) is 98.8 cm³/mol. The molecule has 0 spiro atoms. The molecule has 0 amide bonds. The number of nitrogens with one attached hydrogen (secondary N) is 2. The zero-order valence-corrected chi connectivity index (χ0v) is 15.0. The Morgan fingerprint density at radius 1 is 1.16 bits per heavy atom. The van der Waals surface area contributed by atoms with Gasteiger partial charge in [-0.05, 0) is 25.1 Å². The molecule has 1 aromatic carbocycles. The van der Waals surface area contributed by atoms with Gasteiger partial charge in [-0.15, -0.1) is 0 Å². The molecule has 25 heavy (non-hydrogen) atoms. The maximum absolute atomic E-state index is 9.42. The van der Waals surface area contributed by atoms with E-state index in [0.717, 1.165) is 10.2 Å². The molecule has 9 heteroatoms. The van der Waals surface area contributed by atoms with Gasteiger partial charge in [0.1, 0.15) is 17.4 Å². The van der Waals surface area contributed by atoms with E-state index in [9.17, 15) is 10.2 Å². The number of hydrogen-bond acceptors (Lipinski definition) is 8. The van der Waals surface area contributed by atoms with Crippen LogP contribution in [0.15, 0.2) is 41.3 Å². The Morgan fingerprint density at radius 3 is 2.68 bits per heavy atom. The zero-order valence-electron chi connectivity index (χ0n) is 13.4. The third kappa shape index (κ3) is 4.01. The molecule has 3 rings (SSSR count). The summed E-state index contributed by atoms with van der Waals surface area (Å²) in [6.07, 6.45) is 3.00. The molecule has 0 bridgehead atoms. The fourth-order valence-corrected chi connectivity index (χ4v) is 2.51. The molecule has 0 unspecified atom stereocenters. The van der Waals surface area contributed by atoms with Crippen molar-refractivity contribution in [3.8, 4) is 0 Å². The molecule has 4 N–H and O–H groups in total. The lowest BCUT2D eigenvalue weighted by Gasteiger charge is -2.26. The van der Waals surface area contributed by atoms with Crippen molar-refractivity contribution >= 4 is 44.4 Å². The first-order chi connectivity index (χ1) is 12.0. The highest BCUT2D eigenvalue weighted by Crippen LogP contribution is 2.24. The minimum Gasteiger partial charge on any atom is -0.394 e. The lowest BCUT2D eigenvalue weighted by Crippen LogP contribution is -2.43. The summed E-state index contributed by atoms with van der Waals surface area (Å²) in [5, 5.41) is 25.0. The van der Waals surface area contributed by atoms with Crippen LogP contribution in [0.3, 0.4) is 0 Å². The first kappa shape index (κ1) is 17.5. The summed E-state index contributed by atoms with van der Waals surface area (Å²) in [4.78, 5) is 17.0. The zero-order chi connectivity index (χ0) is 17.9. The van der Waals surface area contributed by atoms with E-state index in [0.29, 0.717) is 16.9 Å². The molecular formula is C16H17BrN6O2. The first-order valence-electron chi connectivity index (χ1n) is 7.53. The average molecular weight is 405 g/mol. The summed E-state index contributed by atoms with van der Waals surface area (Å²) in [5.74, 6) is 0.799. The van der Waals surface area contributed by atoms with Crippen molar-refractivity contribution in [2.24, 2.45) is 0 Å². The van der Waals surface area contributed by atoms with Crippen LogP contribution in [0.1, 0.15) is 6.92 Å². The van der Waals surface area contributed by atoms with E-state index in [4.69, 9.17) is 0 Å². The van der Waals surface area contributed by atoms with Gasteiger partial charge in [0.15, 0.2) is 5.82 Å². The highest BCUT2D eigenvalue weighted by molar-refractivity contribution is 9.10. The van der Waals surface area contributed by atoms with Crippen LogP contribution < -0.4 is 10.6 Å². The van der Waals surface area contributed by atoms with Gasteiger partial charge in [-0.25, -0.2) is 19.9 Å². The van der Waals surface area contributed by atoms with Crippen LogP contribution in [0.2, 0.25) is 0 Å². The number of aliphatic hydroxyl groups excluding tert-OH is 2. The Hall–Kier alpha value is -2.36. The Bertz CT molecular complexity index is 887. The summed E-state index contributed by atoms with van der Waals surface area (Å²) in [6, 6.07) is 7.67. The van der Waals surface area contributed by atoms with Crippen LogP contribution in [-0.2, 0) is 0 Å². The molecule has 2 aromatic heterocycles. The Labute approximate surface area is 152 Å². The maximum Gasteiger partial charge on any atom is 0.224 e. The number of aliphatic hydroxyl groups is 2. The Kier molecular flexibility index (Phi) is 5.07. The molecule has 130 valence electrons. The van der Waals surface area contributed by atoms with Gasteiger partial charge in [0.05, 0.1) is 24.9 Å². The minimum absolute atomic E-state index is 0.265. The van der Waals surface area contributed by atoms with Gasteiger partial charge >= 0.3 is 0 Å². The van der Waals surface area contributed by atoms with Gasteiger partial charge in [-0.1, -0.05) is 22.0 Å². The number of anilines is 3. The predicted octanol–water partition coefficient (Wildman–Crippen LogP) is 2.08. The van der Waals surface area contributed by atoms with Gasteiger partial charge in [0.2, 0.25) is 5.95 Å². The summed E-state index contributed by atoms with van der Waals surface area (Å²) >= 11 is 3.43. The Balaban J connectivity index is 1.97. The van der Waals surface area contributed by atoms with Crippen LogP contribution in [0.4, 0.5) is 17.5 Å². The topological polar surface area (TPSA) is 116 Å². The Morgan fingerprint density at radius 2 is 1.96 bits per heavy atom. The molecular weight excluding hydrogens is 388 g/mol. The normalized spacial score (nSPS) is 11.5. The molecule has 8 nitrogen and oxygen atoms in total. The summed E-state index contributed by atoms with van der Waals surface area (Å²) in [5.41, 5.74) is 1.02. The second-order valence-corrected chi connectivity index (χ2v) is 6.70. The number of aromatic nitrogens is 4. The fraction of sp³-hybridized carbons (Fsp3) is 0.250. The second-order valence-electron chi connectivity index (χ2n) is 5.79. The molecule has 0 atom stereocenters. The van der Waals surface area contributed by atoms with Gasteiger partial charge in [0, 0.05) is 10.2 Å². The van der Waals surface area contributed by atoms with E-state index in [1.54, 1.807) is 13.1 Å². The lowest BCUT2D eigenvalue weighted by molar-refractivity contribution is 0.147. The summed E-state index contributed by atoms with van der Waals surface area (Å²) in [7, 11) is 0. The molecule has 0 aliphatic carbocycles. The van der Waals surface area contributed by atoms with Crippen molar-refractivity contribution in [2.75, 3.05) is 23.8 Å². The molecule has 0 fully saturated rings. The van der Waals surface area contributed by atoms with E-state index in [2.05, 4.69) is 46.5 Å². The molecule has 0 radical (unpaired) electrons. The largest absolute Gasteiger partial charge is 0.394 e. The quantitative estimate of drug-likeness (QED) is 0.493. The van der Waals surface area contributed by atoms with Crippen LogP contribution in [-0.4, -0.2) is 48.9 Å². The monoisotopic (exact) mass is 404 g/mol. The van der Waals surface area contributed by atoms with Crippen molar-refractivity contribution in [2.45, 2.75) is 12.5 Å². The average Bonchev–Trinajstić information content (AvgIpc) is 2.62. The second kappa shape index (κ2) is 7.26. The highest BCUT2D eigenvalue weighted by Gasteiger charge is 2.23. The summed E-state index contributed by atoms with van der Waals surface area (Å²) in [6.45, 7) is 1.14. The van der Waals surface area contributed by atoms with Crippen LogP contribution in [0.25, 0.3) is 11.0 Å². The van der Waals surface area contributed by atoms with Crippen LogP contribution in [0, 0.1) is 0 Å². The first-order valence-corrected chi connectivity index (χ1v) is 8.32. The van der Waals surface area contributed by atoms with E-state index >= 15 is 0 Å². The summed E-state index contributed by atoms with van der Waals surface area (Å²) < 4.78 is 0.939. The van der Waals surface area contributed by atoms with Crippen molar-refractivity contribution < 1.29 is 10.2 Å². The third-order valence-electron chi connectivity index (χ3n) is 3.58. The lowest BCUT2D eigenvalue weighted by atomic mass is 10.1. The van der Waals surface area contributed by atoms with Crippen molar-refractivity contribution in [1.29, 1.82) is 0 Å². The van der Waals surface area contributed by atoms with Gasteiger partial charge in [0.25, 0.3) is 0 Å². The molecule has 0 saturated carbocycles. The maximum atomic E-state index is 9.42. The minimum atomic E-state index is -0.929. The number of nitrogens with zero attached hydrogens (tertiary/aromatic N) is 4. The van der Waals surface area contributed by atoms with E-state index in [-0.39, 0.29) is 19.2 Å². The molecule has 0 aliphatic rings. The van der Waals surface area contributed by atoms with Gasteiger partial charge in [-0.3, -0.25) is 0 Å². The number of hydrogen-bond donors (Lipinski definition) is 4. The number of rotatable bonds is 6. The highest BCUT2D eigenvalue weighted by atomic mass is 79.9. The number of benzene rings is 1. The third-order valence-corrected chi connectivity index (χ3v) is 4.07. The van der Waals surface area contributed by atoms with E-state index < -0.39 is 5.54 Å². The van der Waals surface area contributed by atoms with Crippen LogP contribution in [0.5, 0.6) is 0 Å². The smallest absolute Gasteiger partial charge is 0.224 e. The number of halogens is 1. The van der Waals surface area contributed by atoms with E-state index in [1.165, 1.54) is 6.33 Å². The van der Waals surface area contributed by atoms with E-state index in [1.807, 2.05) is 24.3 Å². The molecule has 3 aromatic rings. The molecule has 0 saturated heterocycles. The molecule has 2 heterocycles. The van der Waals surface area contributed by atoms with Gasteiger partial charge < -0.3 is 20.8 Å².